The molecule has 6 aliphatic rings. The van der Waals surface area contributed by atoms with Crippen molar-refractivity contribution < 1.29 is 9.05 Å². The van der Waals surface area contributed by atoms with Gasteiger partial charge in [0.2, 0.25) is 5.69 Å². The Balaban J connectivity index is 1.10. The van der Waals surface area contributed by atoms with Crippen LogP contribution in [0.4, 0.5) is 0 Å². The average Bonchev–Trinajstić information content (AvgIpc) is 3.40. The maximum atomic E-state index is 6.90. The van der Waals surface area contributed by atoms with Crippen LogP contribution in [0.25, 0.3) is 0 Å². The molecule has 12 atom stereocenters. The van der Waals surface area contributed by atoms with Crippen molar-refractivity contribution in [1.82, 2.24) is 0 Å². The summed E-state index contributed by atoms with van der Waals surface area (Å²) in [5.74, 6) is 5.94. The van der Waals surface area contributed by atoms with Crippen molar-refractivity contribution in [3.63, 3.8) is 0 Å². The Morgan fingerprint density at radius 3 is 2.60 bits per heavy atom. The number of hydrogen-bond acceptors (Lipinski definition) is 4. The fourth-order valence-electron chi connectivity index (χ4n) is 11.4. The minimum absolute atomic E-state index is 0.119. The second kappa shape index (κ2) is 11.9. The fourth-order valence-corrected chi connectivity index (χ4v) is 18.7. The van der Waals surface area contributed by atoms with E-state index in [0.29, 0.717) is 22.0 Å². The zero-order valence-corrected chi connectivity index (χ0v) is 30.5. The minimum Gasteiger partial charge on any atom is -0.318 e. The second-order valence-corrected chi connectivity index (χ2v) is 23.3. The summed E-state index contributed by atoms with van der Waals surface area (Å²) in [5.41, 5.74) is 1.50. The molecular weight excluding hydrogens is 572 g/mol. The van der Waals surface area contributed by atoms with Gasteiger partial charge in [0.1, 0.15) is 0 Å². The number of rotatable bonds is 8. The Hall–Kier alpha value is 0.400. The molecule has 238 valence electrons. The van der Waals surface area contributed by atoms with Crippen molar-refractivity contribution >= 4 is 28.9 Å². The standard InChI is InChI=1S/C37H61O2PS2/c1-24(2)10-9-11-26(5)31-14-15-32-30-13-12-28-23-29(17-19-35(28,6)33(30)18-20-36(31,32)7)38-40(41)39-37(8)21-16-27(25(3)4)22-34(37)42-40/h12,24,26-27,29-34H,3,9-11,13-23H2,1-2,4-8H3/t26-,27+,29+,30+,31-,32+,33+,34-,35+,36-,37-,40-/m1/s1. The van der Waals surface area contributed by atoms with Crippen molar-refractivity contribution in [1.29, 1.82) is 0 Å². The molecule has 0 unspecified atom stereocenters. The highest BCUT2D eigenvalue weighted by atomic mass is 32.9. The number of hydrogen-bond donors (Lipinski definition) is 0. The number of allylic oxidation sites excluding steroid dienone is 2. The van der Waals surface area contributed by atoms with Crippen LogP contribution in [-0.4, -0.2) is 17.0 Å². The predicted molar refractivity (Wildman–Crippen MR) is 185 cm³/mol. The molecule has 5 aliphatic carbocycles. The van der Waals surface area contributed by atoms with Crippen molar-refractivity contribution in [3.8, 4) is 0 Å². The third-order valence-corrected chi connectivity index (χ3v) is 19.7. The van der Waals surface area contributed by atoms with Gasteiger partial charge in [0.25, 0.3) is 0 Å². The lowest BCUT2D eigenvalue weighted by Crippen LogP contribution is -2.50. The van der Waals surface area contributed by atoms with Crippen LogP contribution in [-0.2, 0) is 20.9 Å². The zero-order chi connectivity index (χ0) is 30.1. The normalized spacial score (nSPS) is 49.0. The van der Waals surface area contributed by atoms with Crippen LogP contribution >= 0.6 is 17.1 Å². The van der Waals surface area contributed by atoms with E-state index in [-0.39, 0.29) is 11.7 Å². The highest BCUT2D eigenvalue weighted by molar-refractivity contribution is 8.68. The molecule has 5 fully saturated rings. The summed E-state index contributed by atoms with van der Waals surface area (Å²) < 4.78 is 13.7. The first-order valence-electron chi connectivity index (χ1n) is 17.8. The average molecular weight is 633 g/mol. The third kappa shape index (κ3) is 5.75. The van der Waals surface area contributed by atoms with Crippen molar-refractivity contribution in [3.05, 3.63) is 23.8 Å². The predicted octanol–water partition coefficient (Wildman–Crippen LogP) is 11.9. The molecule has 0 aromatic rings. The third-order valence-electron chi connectivity index (χ3n) is 14.0. The Bertz CT molecular complexity index is 1120. The first-order chi connectivity index (χ1) is 19.8. The van der Waals surface area contributed by atoms with Crippen LogP contribution in [0.2, 0.25) is 0 Å². The van der Waals surface area contributed by atoms with E-state index in [1.54, 1.807) is 5.57 Å². The molecule has 0 radical (unpaired) electrons. The van der Waals surface area contributed by atoms with Crippen molar-refractivity contribution in [2.45, 2.75) is 155 Å². The molecule has 0 amide bonds. The van der Waals surface area contributed by atoms with Gasteiger partial charge < -0.3 is 9.05 Å². The summed E-state index contributed by atoms with van der Waals surface area (Å²) in [6, 6.07) is 0. The second-order valence-electron chi connectivity index (χ2n) is 17.0. The molecule has 4 saturated carbocycles. The molecule has 0 N–H and O–H groups in total. The van der Waals surface area contributed by atoms with Gasteiger partial charge >= 0.3 is 0 Å². The monoisotopic (exact) mass is 632 g/mol. The van der Waals surface area contributed by atoms with E-state index in [0.717, 1.165) is 61.2 Å². The lowest BCUT2D eigenvalue weighted by molar-refractivity contribution is -0.0563. The maximum absolute atomic E-state index is 6.90. The van der Waals surface area contributed by atoms with Crippen LogP contribution in [0.3, 0.4) is 0 Å². The molecule has 1 aliphatic heterocycles. The molecule has 42 heavy (non-hydrogen) atoms. The van der Waals surface area contributed by atoms with Gasteiger partial charge in [-0.25, -0.2) is 0 Å². The minimum atomic E-state index is -2.33. The van der Waals surface area contributed by atoms with Gasteiger partial charge in [-0.05, 0) is 149 Å². The van der Waals surface area contributed by atoms with Gasteiger partial charge in [-0.2, -0.15) is 0 Å². The lowest BCUT2D eigenvalue weighted by Gasteiger charge is -2.58. The van der Waals surface area contributed by atoms with Gasteiger partial charge in [-0.15, -0.1) is 0 Å². The molecule has 0 aromatic heterocycles. The molecule has 1 heterocycles. The van der Waals surface area contributed by atoms with E-state index < -0.39 is 5.69 Å². The Morgan fingerprint density at radius 1 is 1.07 bits per heavy atom. The summed E-state index contributed by atoms with van der Waals surface area (Å²) in [6.07, 6.45) is 21.2. The molecule has 6 rings (SSSR count). The van der Waals surface area contributed by atoms with Gasteiger partial charge in [-0.3, -0.25) is 0 Å². The molecule has 0 aromatic carbocycles. The van der Waals surface area contributed by atoms with Gasteiger partial charge in [0, 0.05) is 5.25 Å². The van der Waals surface area contributed by atoms with Crippen LogP contribution in [0.1, 0.15) is 138 Å². The Morgan fingerprint density at radius 2 is 1.86 bits per heavy atom. The number of fused-ring (bicyclic) bond motifs is 6. The van der Waals surface area contributed by atoms with Crippen molar-refractivity contribution in [2.24, 2.45) is 52.3 Å². The van der Waals surface area contributed by atoms with Gasteiger partial charge in [0.05, 0.1) is 11.7 Å². The maximum Gasteiger partial charge on any atom is 0.248 e. The summed E-state index contributed by atoms with van der Waals surface area (Å²) in [6.45, 7) is 21.5. The van der Waals surface area contributed by atoms with E-state index in [1.165, 1.54) is 69.8 Å². The highest BCUT2D eigenvalue weighted by Crippen LogP contribution is 2.76. The molecule has 5 heteroatoms. The van der Waals surface area contributed by atoms with Crippen LogP contribution in [0, 0.1) is 52.3 Å². The Kier molecular flexibility index (Phi) is 9.15. The zero-order valence-electron chi connectivity index (χ0n) is 28.0. The first kappa shape index (κ1) is 32.3. The first-order valence-corrected chi connectivity index (χ1v) is 21.9. The van der Waals surface area contributed by atoms with E-state index in [9.17, 15) is 0 Å². The van der Waals surface area contributed by atoms with E-state index in [4.69, 9.17) is 20.9 Å². The molecule has 1 saturated heterocycles. The Labute approximate surface area is 268 Å². The smallest absolute Gasteiger partial charge is 0.248 e. The van der Waals surface area contributed by atoms with Crippen molar-refractivity contribution in [2.75, 3.05) is 0 Å². The summed E-state index contributed by atoms with van der Waals surface area (Å²) in [4.78, 5) is 0. The molecule has 0 spiro atoms. The summed E-state index contributed by atoms with van der Waals surface area (Å²) in [7, 11) is 0. The van der Waals surface area contributed by atoms with E-state index in [1.807, 2.05) is 11.4 Å². The van der Waals surface area contributed by atoms with Crippen LogP contribution < -0.4 is 0 Å². The quantitative estimate of drug-likeness (QED) is 0.196. The fraction of sp³-hybridized carbons (Fsp3) is 0.892. The molecule has 0 bridgehead atoms. The van der Waals surface area contributed by atoms with Gasteiger partial charge in [0.15, 0.2) is 0 Å². The van der Waals surface area contributed by atoms with Crippen LogP contribution in [0.15, 0.2) is 23.8 Å². The van der Waals surface area contributed by atoms with Crippen LogP contribution in [0.5, 0.6) is 0 Å². The largest absolute Gasteiger partial charge is 0.318 e. The van der Waals surface area contributed by atoms with Gasteiger partial charge in [-0.1, -0.05) is 89.1 Å². The highest BCUT2D eigenvalue weighted by Gasteiger charge is 2.60. The lowest BCUT2D eigenvalue weighted by atomic mass is 9.47. The summed E-state index contributed by atoms with van der Waals surface area (Å²) >= 11 is 8.12. The van der Waals surface area contributed by atoms with E-state index >= 15 is 0 Å². The molecule has 2 nitrogen and oxygen atoms in total. The SMILES string of the molecule is C=C(C)[C@H]1CC[C@@]2(C)O[P@@](=S)(O[C@H]3CC[C@@]4(C)C(=CC[C@H]5[C@@H]6CC[C@H]([C@H](C)CCCC(C)C)[C@@]6(C)CC[C@@H]54)C3)S[C@@H]2C1. The van der Waals surface area contributed by atoms with E-state index in [2.05, 4.69) is 61.1 Å². The molecular formula is C37H61O2PS2. The summed E-state index contributed by atoms with van der Waals surface area (Å²) in [5, 5.41) is 0.451. The topological polar surface area (TPSA) is 18.5 Å².